The van der Waals surface area contributed by atoms with Gasteiger partial charge in [0.05, 0.1) is 0 Å². The summed E-state index contributed by atoms with van der Waals surface area (Å²) in [6.45, 7) is 0. The fraction of sp³-hybridized carbons (Fsp3) is 0.364. The summed E-state index contributed by atoms with van der Waals surface area (Å²) >= 11 is 0. The van der Waals surface area contributed by atoms with Gasteiger partial charge in [0.25, 0.3) is 0 Å². The molecular formula is C11H15N3O. The smallest absolute Gasteiger partial charge is 0.316 e. The summed E-state index contributed by atoms with van der Waals surface area (Å²) < 4.78 is 0. The third-order valence-corrected chi connectivity index (χ3v) is 2.64. The van der Waals surface area contributed by atoms with Crippen LogP contribution in [0.1, 0.15) is 18.4 Å². The molecule has 1 aromatic carbocycles. The average Bonchev–Trinajstić information content (AvgIpc) is 2.82. The highest BCUT2D eigenvalue weighted by atomic mass is 16.2. The molecule has 0 unspecified atom stereocenters. The van der Waals surface area contributed by atoms with Gasteiger partial charge in [-0.05, 0) is 37.0 Å². The lowest BCUT2D eigenvalue weighted by Crippen LogP contribution is -2.24. The Morgan fingerprint density at radius 3 is 2.80 bits per heavy atom. The summed E-state index contributed by atoms with van der Waals surface area (Å²) in [5.41, 5.74) is 12.9. The maximum atomic E-state index is 10.7. The van der Waals surface area contributed by atoms with Crippen LogP contribution >= 0.6 is 0 Å². The maximum absolute atomic E-state index is 10.7. The van der Waals surface area contributed by atoms with Crippen LogP contribution in [0.4, 0.5) is 10.5 Å². The molecule has 1 aliphatic rings. The molecule has 0 heterocycles. The Morgan fingerprint density at radius 1 is 1.47 bits per heavy atom. The van der Waals surface area contributed by atoms with Crippen molar-refractivity contribution in [2.75, 3.05) is 5.32 Å². The predicted molar refractivity (Wildman–Crippen MR) is 59.5 cm³/mol. The first-order valence-electron chi connectivity index (χ1n) is 5.02. The van der Waals surface area contributed by atoms with Gasteiger partial charge in [0.15, 0.2) is 0 Å². The first kappa shape index (κ1) is 9.98. The van der Waals surface area contributed by atoms with Gasteiger partial charge in [-0.15, -0.1) is 0 Å². The van der Waals surface area contributed by atoms with Crippen LogP contribution in [0.3, 0.4) is 0 Å². The Bertz CT molecular complexity index is 385. The first-order valence-corrected chi connectivity index (χ1v) is 5.02. The second-order valence-electron chi connectivity index (χ2n) is 4.23. The van der Waals surface area contributed by atoms with Gasteiger partial charge in [0.1, 0.15) is 0 Å². The van der Waals surface area contributed by atoms with Crippen molar-refractivity contribution in [2.24, 2.45) is 11.5 Å². The number of hydrogen-bond acceptors (Lipinski definition) is 2. The third kappa shape index (κ3) is 2.70. The van der Waals surface area contributed by atoms with Crippen molar-refractivity contribution >= 4 is 11.7 Å². The van der Waals surface area contributed by atoms with Gasteiger partial charge in [-0.25, -0.2) is 4.79 Å². The number of amides is 2. The van der Waals surface area contributed by atoms with Gasteiger partial charge in [-0.1, -0.05) is 12.1 Å². The third-order valence-electron chi connectivity index (χ3n) is 2.64. The van der Waals surface area contributed by atoms with Gasteiger partial charge >= 0.3 is 6.03 Å². The van der Waals surface area contributed by atoms with Gasteiger partial charge < -0.3 is 16.8 Å². The Labute approximate surface area is 88.6 Å². The zero-order chi connectivity index (χ0) is 10.9. The number of rotatable bonds is 3. The van der Waals surface area contributed by atoms with Crippen LogP contribution in [-0.4, -0.2) is 11.6 Å². The molecule has 0 saturated heterocycles. The Hall–Kier alpha value is -1.55. The Kier molecular flexibility index (Phi) is 2.36. The number of primary amides is 1. The number of hydrogen-bond donors (Lipinski definition) is 3. The molecule has 80 valence electrons. The lowest BCUT2D eigenvalue weighted by Gasteiger charge is -2.09. The van der Waals surface area contributed by atoms with Gasteiger partial charge in [0, 0.05) is 11.2 Å². The minimum atomic E-state index is -0.541. The van der Waals surface area contributed by atoms with E-state index in [0.29, 0.717) is 0 Å². The fourth-order valence-corrected chi connectivity index (χ4v) is 1.65. The molecule has 0 aliphatic heterocycles. The van der Waals surface area contributed by atoms with E-state index in [0.717, 1.165) is 30.5 Å². The van der Waals surface area contributed by atoms with Crippen LogP contribution in [0.5, 0.6) is 0 Å². The highest BCUT2D eigenvalue weighted by Crippen LogP contribution is 2.35. The SMILES string of the molecule is NC(=O)Nc1cccc(CC2(N)CC2)c1. The van der Waals surface area contributed by atoms with Crippen LogP contribution in [0.15, 0.2) is 24.3 Å². The van der Waals surface area contributed by atoms with E-state index in [1.807, 2.05) is 24.3 Å². The molecule has 2 rings (SSSR count). The van der Waals surface area contributed by atoms with E-state index < -0.39 is 6.03 Å². The highest BCUT2D eigenvalue weighted by Gasteiger charge is 2.37. The second-order valence-corrected chi connectivity index (χ2v) is 4.23. The van der Waals surface area contributed by atoms with E-state index in [1.165, 1.54) is 0 Å². The lowest BCUT2D eigenvalue weighted by molar-refractivity contribution is 0.259. The summed E-state index contributed by atoms with van der Waals surface area (Å²) in [4.78, 5) is 10.7. The molecule has 0 radical (unpaired) electrons. The molecule has 2 amide bonds. The van der Waals surface area contributed by atoms with E-state index in [-0.39, 0.29) is 5.54 Å². The Balaban J connectivity index is 2.08. The molecule has 0 spiro atoms. The quantitative estimate of drug-likeness (QED) is 0.693. The van der Waals surface area contributed by atoms with E-state index in [1.54, 1.807) is 0 Å². The minimum absolute atomic E-state index is 0.00858. The number of benzene rings is 1. The van der Waals surface area contributed by atoms with E-state index in [2.05, 4.69) is 5.32 Å². The molecule has 1 aromatic rings. The molecular weight excluding hydrogens is 190 g/mol. The zero-order valence-corrected chi connectivity index (χ0v) is 8.49. The fourth-order valence-electron chi connectivity index (χ4n) is 1.65. The first-order chi connectivity index (χ1) is 7.07. The molecule has 4 heteroatoms. The number of nitrogens with two attached hydrogens (primary N) is 2. The standard InChI is InChI=1S/C11H15N3O/c12-10(15)14-9-3-1-2-8(6-9)7-11(13)4-5-11/h1-3,6H,4-5,7,13H2,(H3,12,14,15). The van der Waals surface area contributed by atoms with Gasteiger partial charge in [0.2, 0.25) is 0 Å². The number of carbonyl (C=O) groups excluding carboxylic acids is 1. The molecule has 15 heavy (non-hydrogen) atoms. The van der Waals surface area contributed by atoms with E-state index in [4.69, 9.17) is 11.5 Å². The minimum Gasteiger partial charge on any atom is -0.351 e. The number of anilines is 1. The number of carbonyl (C=O) groups is 1. The summed E-state index contributed by atoms with van der Waals surface area (Å²) in [6, 6.07) is 7.09. The topological polar surface area (TPSA) is 81.1 Å². The maximum Gasteiger partial charge on any atom is 0.316 e. The Morgan fingerprint density at radius 2 is 2.20 bits per heavy atom. The van der Waals surface area contributed by atoms with Crippen molar-refractivity contribution < 1.29 is 4.79 Å². The van der Waals surface area contributed by atoms with Crippen molar-refractivity contribution in [1.29, 1.82) is 0 Å². The molecule has 0 aromatic heterocycles. The van der Waals surface area contributed by atoms with Crippen molar-refractivity contribution in [2.45, 2.75) is 24.8 Å². The van der Waals surface area contributed by atoms with Crippen molar-refractivity contribution in [3.63, 3.8) is 0 Å². The summed E-state index contributed by atoms with van der Waals surface area (Å²) in [7, 11) is 0. The van der Waals surface area contributed by atoms with Crippen molar-refractivity contribution in [3.05, 3.63) is 29.8 Å². The van der Waals surface area contributed by atoms with Crippen molar-refractivity contribution in [1.82, 2.24) is 0 Å². The molecule has 1 aliphatic carbocycles. The summed E-state index contributed by atoms with van der Waals surface area (Å²) in [5.74, 6) is 0. The average molecular weight is 205 g/mol. The molecule has 4 nitrogen and oxygen atoms in total. The number of nitrogens with one attached hydrogen (secondary N) is 1. The normalized spacial score (nSPS) is 17.1. The molecule has 1 saturated carbocycles. The monoisotopic (exact) mass is 205 g/mol. The molecule has 1 fully saturated rings. The van der Waals surface area contributed by atoms with Crippen molar-refractivity contribution in [3.8, 4) is 0 Å². The lowest BCUT2D eigenvalue weighted by atomic mass is 10.0. The summed E-state index contributed by atoms with van der Waals surface area (Å²) in [5, 5.41) is 2.55. The van der Waals surface area contributed by atoms with E-state index in [9.17, 15) is 4.79 Å². The van der Waals surface area contributed by atoms with Crippen LogP contribution in [0, 0.1) is 0 Å². The molecule has 0 bridgehead atoms. The van der Waals surface area contributed by atoms with E-state index >= 15 is 0 Å². The number of urea groups is 1. The second kappa shape index (κ2) is 3.55. The molecule has 5 N–H and O–H groups in total. The predicted octanol–water partition coefficient (Wildman–Crippen LogP) is 1.21. The van der Waals surface area contributed by atoms with Crippen LogP contribution < -0.4 is 16.8 Å². The largest absolute Gasteiger partial charge is 0.351 e. The molecule has 0 atom stereocenters. The van der Waals surface area contributed by atoms with Crippen LogP contribution in [0.2, 0.25) is 0 Å². The highest BCUT2D eigenvalue weighted by molar-refractivity contribution is 5.87. The summed E-state index contributed by atoms with van der Waals surface area (Å²) in [6.07, 6.45) is 3.03. The van der Waals surface area contributed by atoms with Gasteiger partial charge in [-0.3, -0.25) is 0 Å². The van der Waals surface area contributed by atoms with Crippen LogP contribution in [0.25, 0.3) is 0 Å². The van der Waals surface area contributed by atoms with Gasteiger partial charge in [-0.2, -0.15) is 0 Å². The zero-order valence-electron chi connectivity index (χ0n) is 8.49. The van der Waals surface area contributed by atoms with Crippen LogP contribution in [-0.2, 0) is 6.42 Å².